The lowest BCUT2D eigenvalue weighted by molar-refractivity contribution is -0.184. The molecule has 0 unspecified atom stereocenters. The van der Waals surface area contributed by atoms with E-state index < -0.39 is 22.8 Å². The molecule has 0 aliphatic carbocycles. The van der Waals surface area contributed by atoms with Crippen LogP contribution in [0.1, 0.15) is 11.1 Å². The Morgan fingerprint density at radius 1 is 1.33 bits per heavy atom. The molecule has 0 aromatic heterocycles. The Morgan fingerprint density at radius 3 is 2.20 bits per heavy atom. The first-order valence-corrected chi connectivity index (χ1v) is 4.26. The van der Waals surface area contributed by atoms with Gasteiger partial charge in [-0.05, 0) is 17.7 Å². The van der Waals surface area contributed by atoms with Gasteiger partial charge in [0.05, 0.1) is 13.2 Å². The van der Waals surface area contributed by atoms with Gasteiger partial charge < -0.3 is 9.84 Å². The molecule has 15 heavy (non-hydrogen) atoms. The van der Waals surface area contributed by atoms with Crippen molar-refractivity contribution in [3.63, 3.8) is 0 Å². The highest BCUT2D eigenvalue weighted by Crippen LogP contribution is 2.31. The molecule has 1 aliphatic heterocycles. The van der Waals surface area contributed by atoms with Crippen molar-refractivity contribution in [2.45, 2.75) is 5.60 Å². The number of nitriles is 1. The van der Waals surface area contributed by atoms with Gasteiger partial charge in [0.15, 0.2) is 0 Å². The number of aliphatic hydroxyl groups is 1. The molecule has 0 saturated carbocycles. The zero-order valence-electron chi connectivity index (χ0n) is 7.63. The van der Waals surface area contributed by atoms with E-state index in [-0.39, 0.29) is 18.8 Å². The number of benzene rings is 1. The maximum atomic E-state index is 13.2. The van der Waals surface area contributed by atoms with Gasteiger partial charge >= 0.3 is 0 Å². The van der Waals surface area contributed by atoms with Crippen molar-refractivity contribution in [1.82, 2.24) is 0 Å². The molecule has 1 N–H and O–H groups in total. The fourth-order valence-corrected chi connectivity index (χ4v) is 1.41. The molecule has 1 saturated heterocycles. The third-order valence-corrected chi connectivity index (χ3v) is 2.37. The fourth-order valence-electron chi connectivity index (χ4n) is 1.41. The molecule has 1 aromatic carbocycles. The number of ether oxygens (including phenoxy) is 1. The SMILES string of the molecule is N#Cc1c(F)cc(C2(O)COC2)cc1F. The number of halogens is 2. The van der Waals surface area contributed by atoms with E-state index in [4.69, 9.17) is 10.00 Å². The largest absolute Gasteiger partial charge is 0.380 e. The maximum Gasteiger partial charge on any atom is 0.144 e. The molecule has 0 radical (unpaired) electrons. The molecule has 1 fully saturated rings. The minimum absolute atomic E-state index is 0.0117. The summed E-state index contributed by atoms with van der Waals surface area (Å²) in [5, 5.41) is 18.2. The van der Waals surface area contributed by atoms with Gasteiger partial charge in [0.25, 0.3) is 0 Å². The van der Waals surface area contributed by atoms with Crippen LogP contribution in [-0.4, -0.2) is 18.3 Å². The average molecular weight is 211 g/mol. The lowest BCUT2D eigenvalue weighted by Gasteiger charge is -2.36. The van der Waals surface area contributed by atoms with Gasteiger partial charge in [-0.15, -0.1) is 0 Å². The highest BCUT2D eigenvalue weighted by Gasteiger charge is 2.39. The van der Waals surface area contributed by atoms with Gasteiger partial charge in [-0.2, -0.15) is 5.26 Å². The van der Waals surface area contributed by atoms with Crippen molar-refractivity contribution in [3.8, 4) is 6.07 Å². The Labute approximate surface area is 84.5 Å². The minimum Gasteiger partial charge on any atom is -0.380 e. The van der Waals surface area contributed by atoms with E-state index >= 15 is 0 Å². The fraction of sp³-hybridized carbons (Fsp3) is 0.300. The highest BCUT2D eigenvalue weighted by molar-refractivity contribution is 5.37. The first-order valence-electron chi connectivity index (χ1n) is 4.26. The van der Waals surface area contributed by atoms with Crippen LogP contribution in [-0.2, 0) is 10.3 Å². The van der Waals surface area contributed by atoms with E-state index in [1.54, 1.807) is 0 Å². The van der Waals surface area contributed by atoms with Gasteiger partial charge in [-0.25, -0.2) is 8.78 Å². The van der Waals surface area contributed by atoms with E-state index in [9.17, 15) is 13.9 Å². The molecular weight excluding hydrogens is 204 g/mol. The second kappa shape index (κ2) is 3.26. The Morgan fingerprint density at radius 2 is 1.87 bits per heavy atom. The number of rotatable bonds is 1. The van der Waals surface area contributed by atoms with Crippen LogP contribution in [0.5, 0.6) is 0 Å². The first-order chi connectivity index (χ1) is 7.07. The molecule has 2 rings (SSSR count). The van der Waals surface area contributed by atoms with Crippen LogP contribution in [0.2, 0.25) is 0 Å². The molecule has 0 amide bonds. The Hall–Kier alpha value is -1.51. The molecular formula is C10H7F2NO2. The van der Waals surface area contributed by atoms with E-state index in [0.29, 0.717) is 0 Å². The third-order valence-electron chi connectivity index (χ3n) is 2.37. The number of nitrogens with zero attached hydrogens (tertiary/aromatic N) is 1. The van der Waals surface area contributed by atoms with Crippen molar-refractivity contribution < 1.29 is 18.6 Å². The second-order valence-electron chi connectivity index (χ2n) is 3.45. The average Bonchev–Trinajstić information content (AvgIpc) is 2.13. The molecule has 0 atom stereocenters. The van der Waals surface area contributed by atoms with Crippen molar-refractivity contribution in [2.75, 3.05) is 13.2 Å². The van der Waals surface area contributed by atoms with E-state index in [0.717, 1.165) is 12.1 Å². The van der Waals surface area contributed by atoms with Crippen LogP contribution in [0, 0.1) is 23.0 Å². The predicted octanol–water partition coefficient (Wildman–Crippen LogP) is 1.05. The summed E-state index contributed by atoms with van der Waals surface area (Å²) < 4.78 is 31.1. The molecule has 1 aromatic rings. The van der Waals surface area contributed by atoms with E-state index in [1.165, 1.54) is 6.07 Å². The summed E-state index contributed by atoms with van der Waals surface area (Å²) in [5.41, 5.74) is -1.86. The summed E-state index contributed by atoms with van der Waals surface area (Å²) in [6.07, 6.45) is 0. The van der Waals surface area contributed by atoms with E-state index in [1.807, 2.05) is 0 Å². The maximum absolute atomic E-state index is 13.2. The van der Waals surface area contributed by atoms with Crippen LogP contribution in [0.25, 0.3) is 0 Å². The van der Waals surface area contributed by atoms with Crippen LogP contribution in [0.3, 0.4) is 0 Å². The Kier molecular flexibility index (Phi) is 2.18. The quantitative estimate of drug-likeness (QED) is 0.755. The number of hydrogen-bond acceptors (Lipinski definition) is 3. The zero-order valence-corrected chi connectivity index (χ0v) is 7.63. The summed E-state index contributed by atoms with van der Waals surface area (Å²) in [5.74, 6) is -1.93. The molecule has 0 bridgehead atoms. The van der Waals surface area contributed by atoms with Gasteiger partial charge in [0.2, 0.25) is 0 Å². The third kappa shape index (κ3) is 1.48. The Bertz CT molecular complexity index is 426. The van der Waals surface area contributed by atoms with Gasteiger partial charge in [-0.1, -0.05) is 0 Å². The monoisotopic (exact) mass is 211 g/mol. The highest BCUT2D eigenvalue weighted by atomic mass is 19.1. The summed E-state index contributed by atoms with van der Waals surface area (Å²) >= 11 is 0. The zero-order chi connectivity index (χ0) is 11.1. The molecule has 78 valence electrons. The summed E-state index contributed by atoms with van der Waals surface area (Å²) in [4.78, 5) is 0. The van der Waals surface area contributed by atoms with Gasteiger partial charge in [0, 0.05) is 0 Å². The summed E-state index contributed by atoms with van der Waals surface area (Å²) in [7, 11) is 0. The first kappa shape index (κ1) is 10.0. The summed E-state index contributed by atoms with van der Waals surface area (Å²) in [6.45, 7) is 0.0234. The molecule has 5 heteroatoms. The van der Waals surface area contributed by atoms with E-state index in [2.05, 4.69) is 0 Å². The normalized spacial score (nSPS) is 18.0. The van der Waals surface area contributed by atoms with Crippen LogP contribution >= 0.6 is 0 Å². The predicted molar refractivity (Wildman–Crippen MR) is 45.8 cm³/mol. The second-order valence-corrected chi connectivity index (χ2v) is 3.45. The molecule has 0 spiro atoms. The smallest absolute Gasteiger partial charge is 0.144 e. The van der Waals surface area contributed by atoms with Crippen LogP contribution in [0.15, 0.2) is 12.1 Å². The number of hydrogen-bond donors (Lipinski definition) is 1. The lowest BCUT2D eigenvalue weighted by atomic mass is 9.91. The van der Waals surface area contributed by atoms with Gasteiger partial charge in [0.1, 0.15) is 28.9 Å². The molecule has 1 heterocycles. The van der Waals surface area contributed by atoms with Crippen LogP contribution < -0.4 is 0 Å². The van der Waals surface area contributed by atoms with Crippen LogP contribution in [0.4, 0.5) is 8.78 Å². The van der Waals surface area contributed by atoms with Crippen molar-refractivity contribution in [1.29, 1.82) is 5.26 Å². The van der Waals surface area contributed by atoms with Crippen molar-refractivity contribution >= 4 is 0 Å². The lowest BCUT2D eigenvalue weighted by Crippen LogP contribution is -2.46. The molecule has 3 nitrogen and oxygen atoms in total. The van der Waals surface area contributed by atoms with Crippen molar-refractivity contribution in [2.24, 2.45) is 0 Å². The summed E-state index contributed by atoms with van der Waals surface area (Å²) in [6, 6.07) is 3.34. The van der Waals surface area contributed by atoms with Crippen molar-refractivity contribution in [3.05, 3.63) is 34.9 Å². The minimum atomic E-state index is -1.32. The standard InChI is InChI=1S/C10H7F2NO2/c11-8-1-6(10(14)4-15-5-10)2-9(12)7(8)3-13/h1-2,14H,4-5H2. The topological polar surface area (TPSA) is 53.2 Å². The van der Waals surface area contributed by atoms with Gasteiger partial charge in [-0.3, -0.25) is 0 Å². The Balaban J connectivity index is 2.49. The molecule has 1 aliphatic rings.